The first-order valence-corrected chi connectivity index (χ1v) is 13.9. The van der Waals surface area contributed by atoms with Crippen LogP contribution in [0.1, 0.15) is 0 Å². The number of hydrogen-bond donors (Lipinski definition) is 2. The molecule has 0 aliphatic rings. The maximum Gasteiger partial charge on any atom is 2.00 e. The van der Waals surface area contributed by atoms with Crippen LogP contribution < -0.4 is 11.1 Å². The summed E-state index contributed by atoms with van der Waals surface area (Å²) in [6, 6.07) is 14.2. The first-order chi connectivity index (χ1) is 18.3. The minimum Gasteiger partial charge on any atom is -0.632 e. The van der Waals surface area contributed by atoms with Crippen molar-refractivity contribution in [3.8, 4) is 21.0 Å². The molecule has 2 radical (unpaired) electrons. The Balaban J connectivity index is 0.000000579. The van der Waals surface area contributed by atoms with Crippen molar-refractivity contribution >= 4 is 95.6 Å². The molecule has 0 bridgehead atoms. The molecule has 12 nitrogen and oxygen atoms in total. The Morgan fingerprint density at radius 3 is 2.00 bits per heavy atom. The van der Waals surface area contributed by atoms with Crippen molar-refractivity contribution in [2.24, 2.45) is 0 Å². The van der Waals surface area contributed by atoms with Crippen molar-refractivity contribution in [1.29, 1.82) is 0 Å². The number of carbonyl (C=O) groups is 2. The van der Waals surface area contributed by atoms with Gasteiger partial charge in [0, 0.05) is 14.3 Å². The van der Waals surface area contributed by atoms with Gasteiger partial charge >= 0.3 is 37.1 Å². The topological polar surface area (TPSA) is 192 Å². The second kappa shape index (κ2) is 17.3. The predicted octanol–water partition coefficient (Wildman–Crippen LogP) is 5.24. The van der Waals surface area contributed by atoms with Crippen LogP contribution in [-0.2, 0) is 56.2 Å². The Kier molecular flexibility index (Phi) is 15.4. The number of benzene rings is 1. The van der Waals surface area contributed by atoms with Gasteiger partial charge in [0.25, 0.3) is 0 Å². The van der Waals surface area contributed by atoms with E-state index < -0.39 is 12.2 Å². The Morgan fingerprint density at radius 1 is 0.875 bits per heavy atom. The number of thiophene rings is 2. The van der Waals surface area contributed by atoms with Crippen LogP contribution in [-0.4, -0.2) is 58.4 Å². The van der Waals surface area contributed by atoms with E-state index in [0.29, 0.717) is 11.1 Å². The van der Waals surface area contributed by atoms with Gasteiger partial charge in [-0.05, 0) is 29.8 Å². The molecule has 2 amide bonds. The minimum atomic E-state index is -0.995. The molecule has 0 saturated carbocycles. The summed E-state index contributed by atoms with van der Waals surface area (Å²) in [5.74, 6) is 0. The van der Waals surface area contributed by atoms with Gasteiger partial charge in [0.05, 0.1) is 53.2 Å². The summed E-state index contributed by atoms with van der Waals surface area (Å²) in [5, 5.41) is 0. The Bertz CT molecular complexity index is 1540. The van der Waals surface area contributed by atoms with Crippen molar-refractivity contribution in [3.63, 3.8) is 0 Å². The maximum atomic E-state index is 10.6. The van der Waals surface area contributed by atoms with Crippen LogP contribution in [0.5, 0.6) is 0 Å². The van der Waals surface area contributed by atoms with Crippen molar-refractivity contribution < 1.29 is 65.8 Å². The van der Waals surface area contributed by atoms with E-state index in [9.17, 15) is 19.2 Å². The van der Waals surface area contributed by atoms with E-state index in [1.165, 1.54) is 14.3 Å². The third kappa shape index (κ3) is 9.83. The molecule has 5 aromatic rings. The number of carbonyl (C=O) groups excluding carboxylic acids is 4. The van der Waals surface area contributed by atoms with Crippen molar-refractivity contribution in [1.82, 2.24) is 19.9 Å². The fraction of sp³-hybridized carbons (Fsp3) is 0.0909. The molecule has 4 N–H and O–H groups in total. The first-order valence-electron chi connectivity index (χ1n) is 10.2. The largest absolute Gasteiger partial charge is 2.00 e. The number of fused-ring (bicyclic) bond motifs is 2. The van der Waals surface area contributed by atoms with Crippen LogP contribution in [0.2, 0.25) is 0 Å². The zero-order valence-corrected chi connectivity index (χ0v) is 26.9. The zero-order valence-electron chi connectivity index (χ0n) is 20.5. The Hall–Kier alpha value is -2.53. The summed E-state index contributed by atoms with van der Waals surface area (Å²) in [6.07, 6.45) is -0.230. The molecule has 0 aliphatic heterocycles. The monoisotopic (exact) mass is 690 g/mol. The quantitative estimate of drug-likeness (QED) is 0.178. The molecular formula is C22H18N6O6P2S2V2. The van der Waals surface area contributed by atoms with Crippen LogP contribution in [0.3, 0.4) is 0 Å². The summed E-state index contributed by atoms with van der Waals surface area (Å²) in [4.78, 5) is 56.9. The molecule has 2 unspecified atom stereocenters. The Labute approximate surface area is 263 Å². The van der Waals surface area contributed by atoms with E-state index in [1.54, 1.807) is 28.9 Å². The normalized spacial score (nSPS) is 10.2. The Morgan fingerprint density at radius 2 is 1.43 bits per heavy atom. The number of nitrogens with one attached hydrogen (secondary N) is 4. The number of nitrogens with zero attached hydrogens (tertiary/aromatic N) is 2. The van der Waals surface area contributed by atoms with Crippen molar-refractivity contribution in [2.45, 2.75) is 0 Å². The van der Waals surface area contributed by atoms with Gasteiger partial charge in [0.2, 0.25) is 12.2 Å². The van der Waals surface area contributed by atoms with Gasteiger partial charge in [-0.2, -0.15) is 17.2 Å². The second-order valence-electron chi connectivity index (χ2n) is 6.85. The van der Waals surface area contributed by atoms with Gasteiger partial charge < -0.3 is 40.5 Å². The number of amides is 2. The average Bonchev–Trinajstić information content (AvgIpc) is 3.67. The molecular weight excluding hydrogens is 672 g/mol. The van der Waals surface area contributed by atoms with Gasteiger partial charge in [0.15, 0.2) is 0 Å². The molecule has 1 aromatic carbocycles. The van der Waals surface area contributed by atoms with Crippen molar-refractivity contribution in [2.75, 3.05) is 14.2 Å². The van der Waals surface area contributed by atoms with Crippen LogP contribution in [0.4, 0.5) is 9.59 Å². The molecule has 18 heteroatoms. The molecule has 4 heterocycles. The summed E-state index contributed by atoms with van der Waals surface area (Å²) in [6.45, 7) is 0. The number of imidazole rings is 2. The molecule has 2 atom stereocenters. The van der Waals surface area contributed by atoms with E-state index in [-0.39, 0.29) is 54.3 Å². The van der Waals surface area contributed by atoms with E-state index in [2.05, 4.69) is 53.7 Å². The van der Waals surface area contributed by atoms with Crippen LogP contribution in [0, 0.1) is 0 Å². The minimum absolute atomic E-state index is 0. The van der Waals surface area contributed by atoms with Gasteiger partial charge in [-0.15, -0.1) is 22.7 Å². The molecule has 5 rings (SSSR count). The molecule has 0 fully saturated rings. The number of rotatable bonds is 6. The fourth-order valence-corrected chi connectivity index (χ4v) is 6.19. The first kappa shape index (κ1) is 35.5. The summed E-state index contributed by atoms with van der Waals surface area (Å²) >= 11 is 3.42. The zero-order chi connectivity index (χ0) is 27.7. The molecule has 204 valence electrons. The molecule has 0 saturated heterocycles. The number of hydrogen-bond acceptors (Lipinski definition) is 10. The number of H-pyrrole nitrogens is 2. The van der Waals surface area contributed by atoms with Crippen LogP contribution >= 0.6 is 39.8 Å². The van der Waals surface area contributed by atoms with Crippen LogP contribution in [0.25, 0.3) is 52.9 Å². The summed E-state index contributed by atoms with van der Waals surface area (Å²) < 4.78 is 9.97. The smallest absolute Gasteiger partial charge is 0.632 e. The molecule has 40 heavy (non-hydrogen) atoms. The van der Waals surface area contributed by atoms with E-state index >= 15 is 0 Å². The van der Waals surface area contributed by atoms with Gasteiger partial charge in [-0.3, -0.25) is 9.59 Å². The summed E-state index contributed by atoms with van der Waals surface area (Å²) in [5.41, 5.74) is 17.1. The van der Waals surface area contributed by atoms with Gasteiger partial charge in [-0.1, -0.05) is 6.07 Å². The standard InChI is InChI=1S/C18H10N4O2P2S2.2C2H5NO2.2V/c23-7-25-17-19-6-12(22-17)14-5-16-15(28-14)4-13(27-16)9-1-2-10-11(3-9)21-18(20-10)26-8-24;2*1-5-2(3)4;;/h1-6,25-26H,(H,19,22)(H,20,21);2*1H3,(H2,3,4);;/q-2;;;2*+2/p-2. The number of methoxy groups -OCH3 is 2. The third-order valence-electron chi connectivity index (χ3n) is 4.52. The number of aromatic amines is 2. The van der Waals surface area contributed by atoms with Gasteiger partial charge in [0.1, 0.15) is 0 Å². The number of aromatic nitrogens is 4. The SMILES string of the molecule is COC([NH-])=O.COC([NH-])=O.O=[C-]Pc1ncc(-c2cc3sc(-c4ccc5nc(P[C-]=O)[nH]c5c4)cc3s2)[nH]1.[V+2].[V+2]. The average molecular weight is 690 g/mol. The number of ether oxygens (including phenoxy) is 2. The third-order valence-corrected chi connectivity index (χ3v) is 8.07. The van der Waals surface area contributed by atoms with Crippen LogP contribution in [0.15, 0.2) is 36.5 Å². The van der Waals surface area contributed by atoms with Gasteiger partial charge in [-0.25, -0.2) is 22.0 Å². The maximum absolute atomic E-state index is 10.6. The molecule has 4 aromatic heterocycles. The van der Waals surface area contributed by atoms with E-state index in [4.69, 9.17) is 11.5 Å². The van der Waals surface area contributed by atoms with Crippen molar-refractivity contribution in [3.05, 3.63) is 48.0 Å². The summed E-state index contributed by atoms with van der Waals surface area (Å²) in [7, 11) is 2.17. The van der Waals surface area contributed by atoms with E-state index in [0.717, 1.165) is 41.4 Å². The molecule has 0 aliphatic carbocycles. The van der Waals surface area contributed by atoms with E-state index in [1.807, 2.05) is 18.1 Å². The predicted molar refractivity (Wildman–Crippen MR) is 153 cm³/mol. The fourth-order valence-electron chi connectivity index (χ4n) is 2.94. The molecule has 0 spiro atoms. The second-order valence-corrected chi connectivity index (χ2v) is 10.9.